The minimum absolute atomic E-state index is 0.0921. The predicted molar refractivity (Wildman–Crippen MR) is 109 cm³/mol. The molecular formula is C19H27N5O3S. The van der Waals surface area contributed by atoms with Gasteiger partial charge in [0.15, 0.2) is 9.84 Å². The maximum absolute atomic E-state index is 12.0. The predicted octanol–water partition coefficient (Wildman–Crippen LogP) is 2.15. The van der Waals surface area contributed by atoms with E-state index in [1.807, 2.05) is 30.7 Å². The molecule has 1 aliphatic heterocycles. The van der Waals surface area contributed by atoms with E-state index in [1.165, 1.54) is 0 Å². The van der Waals surface area contributed by atoms with Crippen LogP contribution in [0.4, 0.5) is 0 Å². The third-order valence-corrected chi connectivity index (χ3v) is 6.87. The van der Waals surface area contributed by atoms with Crippen LogP contribution in [0.25, 0.3) is 5.82 Å². The number of hydrogen-bond acceptors (Lipinski definition) is 5. The topological polar surface area (TPSA) is 98.3 Å². The first-order valence-electron chi connectivity index (χ1n) is 9.43. The Morgan fingerprint density at radius 2 is 2.18 bits per heavy atom. The zero-order valence-electron chi connectivity index (χ0n) is 16.7. The van der Waals surface area contributed by atoms with Gasteiger partial charge in [0.1, 0.15) is 5.82 Å². The highest BCUT2D eigenvalue weighted by Crippen LogP contribution is 2.22. The summed E-state index contributed by atoms with van der Waals surface area (Å²) in [7, 11) is -2.97. The zero-order chi connectivity index (χ0) is 20.5. The average Bonchev–Trinajstić information content (AvgIpc) is 3.26. The molecule has 152 valence electrons. The van der Waals surface area contributed by atoms with Crippen LogP contribution in [-0.2, 0) is 14.6 Å². The molecule has 2 aromatic rings. The number of carbonyl (C=O) groups is 1. The summed E-state index contributed by atoms with van der Waals surface area (Å²) in [5.41, 5.74) is 5.46. The van der Waals surface area contributed by atoms with Crippen molar-refractivity contribution in [1.29, 1.82) is 0 Å². The first-order chi connectivity index (χ1) is 13.2. The molecule has 0 saturated carbocycles. The highest BCUT2D eigenvalue weighted by molar-refractivity contribution is 7.91. The molecule has 0 aliphatic carbocycles. The van der Waals surface area contributed by atoms with E-state index >= 15 is 0 Å². The standard InChI is InChI=1S/C19H27N5O3S/c1-13(2)24-19(5-7-21-24)23-14(3)9-17(15(23)4)11-20-22-18(25)10-16-6-8-28(26,27)12-16/h5,7,9,11,13,16H,6,8,10,12H2,1-4H3,(H,22,25)/b20-11-/t16-/m1/s1. The molecule has 8 nitrogen and oxygen atoms in total. The van der Waals surface area contributed by atoms with Gasteiger partial charge in [0.2, 0.25) is 5.91 Å². The van der Waals surface area contributed by atoms with E-state index in [0.29, 0.717) is 6.42 Å². The van der Waals surface area contributed by atoms with Crippen LogP contribution in [-0.4, -0.2) is 46.4 Å². The SMILES string of the molecule is Cc1cc(/C=N\NC(=O)C[C@H]2CCS(=O)(=O)C2)c(C)n1-c1ccnn1C(C)C. The second kappa shape index (κ2) is 7.90. The van der Waals surface area contributed by atoms with Gasteiger partial charge < -0.3 is 4.57 Å². The Morgan fingerprint density at radius 3 is 2.82 bits per heavy atom. The largest absolute Gasteiger partial charge is 0.303 e. The van der Waals surface area contributed by atoms with Gasteiger partial charge in [-0.25, -0.2) is 18.5 Å². The van der Waals surface area contributed by atoms with Crippen molar-refractivity contribution < 1.29 is 13.2 Å². The lowest BCUT2D eigenvalue weighted by Crippen LogP contribution is -2.21. The summed E-state index contributed by atoms with van der Waals surface area (Å²) in [6, 6.07) is 4.21. The minimum atomic E-state index is -2.97. The zero-order valence-corrected chi connectivity index (χ0v) is 17.5. The third kappa shape index (κ3) is 4.35. The summed E-state index contributed by atoms with van der Waals surface area (Å²) >= 11 is 0. The van der Waals surface area contributed by atoms with Crippen molar-refractivity contribution >= 4 is 22.0 Å². The summed E-state index contributed by atoms with van der Waals surface area (Å²) in [5.74, 6) is 0.880. The molecule has 1 aliphatic rings. The fourth-order valence-electron chi connectivity index (χ4n) is 3.67. The molecule has 1 atom stereocenters. The van der Waals surface area contributed by atoms with Crippen LogP contribution < -0.4 is 5.43 Å². The van der Waals surface area contributed by atoms with Gasteiger partial charge >= 0.3 is 0 Å². The smallest absolute Gasteiger partial charge is 0.240 e. The van der Waals surface area contributed by atoms with Crippen LogP contribution in [0.5, 0.6) is 0 Å². The van der Waals surface area contributed by atoms with Gasteiger partial charge in [-0.05, 0) is 46.1 Å². The van der Waals surface area contributed by atoms with E-state index < -0.39 is 9.84 Å². The van der Waals surface area contributed by atoms with Crippen LogP contribution >= 0.6 is 0 Å². The van der Waals surface area contributed by atoms with Crippen molar-refractivity contribution in [3.63, 3.8) is 0 Å². The lowest BCUT2D eigenvalue weighted by atomic mass is 10.1. The summed E-state index contributed by atoms with van der Waals surface area (Å²) in [5, 5.41) is 8.45. The second-order valence-electron chi connectivity index (χ2n) is 7.66. The molecule has 0 radical (unpaired) electrons. The Balaban J connectivity index is 1.68. The van der Waals surface area contributed by atoms with E-state index in [9.17, 15) is 13.2 Å². The maximum atomic E-state index is 12.0. The van der Waals surface area contributed by atoms with E-state index in [0.717, 1.165) is 22.8 Å². The first-order valence-corrected chi connectivity index (χ1v) is 11.2. The maximum Gasteiger partial charge on any atom is 0.240 e. The summed E-state index contributed by atoms with van der Waals surface area (Å²) in [6.07, 6.45) is 4.14. The molecule has 0 unspecified atom stereocenters. The van der Waals surface area contributed by atoms with Crippen LogP contribution in [0.15, 0.2) is 23.4 Å². The van der Waals surface area contributed by atoms with Gasteiger partial charge in [-0.15, -0.1) is 0 Å². The van der Waals surface area contributed by atoms with Crippen molar-refractivity contribution in [2.45, 2.75) is 46.6 Å². The molecular weight excluding hydrogens is 378 g/mol. The molecule has 9 heteroatoms. The molecule has 1 N–H and O–H groups in total. The molecule has 28 heavy (non-hydrogen) atoms. The fourth-order valence-corrected chi connectivity index (χ4v) is 5.53. The number of hydrogen-bond donors (Lipinski definition) is 1. The Morgan fingerprint density at radius 1 is 1.43 bits per heavy atom. The summed E-state index contributed by atoms with van der Waals surface area (Å²) < 4.78 is 27.0. The number of nitrogens with zero attached hydrogens (tertiary/aromatic N) is 4. The van der Waals surface area contributed by atoms with Crippen molar-refractivity contribution in [2.75, 3.05) is 11.5 Å². The average molecular weight is 406 g/mol. The highest BCUT2D eigenvalue weighted by atomic mass is 32.2. The molecule has 1 saturated heterocycles. The highest BCUT2D eigenvalue weighted by Gasteiger charge is 2.29. The molecule has 1 fully saturated rings. The van der Waals surface area contributed by atoms with Gasteiger partial charge in [0, 0.05) is 35.5 Å². The number of rotatable bonds is 6. The van der Waals surface area contributed by atoms with E-state index in [4.69, 9.17) is 0 Å². The van der Waals surface area contributed by atoms with E-state index in [-0.39, 0.29) is 35.8 Å². The van der Waals surface area contributed by atoms with Crippen molar-refractivity contribution in [2.24, 2.45) is 11.0 Å². The Kier molecular flexibility index (Phi) is 5.74. The molecule has 0 bridgehead atoms. The summed E-state index contributed by atoms with van der Waals surface area (Å²) in [6.45, 7) is 8.18. The normalized spacial score (nSPS) is 19.0. The molecule has 0 aromatic carbocycles. The number of sulfone groups is 1. The van der Waals surface area contributed by atoms with Gasteiger partial charge in [-0.2, -0.15) is 10.2 Å². The Hall–Kier alpha value is -2.42. The van der Waals surface area contributed by atoms with E-state index in [2.05, 4.69) is 34.0 Å². The number of hydrazone groups is 1. The van der Waals surface area contributed by atoms with Crippen LogP contribution in [0, 0.1) is 19.8 Å². The number of nitrogens with one attached hydrogen (secondary N) is 1. The molecule has 3 heterocycles. The number of carbonyl (C=O) groups excluding carboxylic acids is 1. The van der Waals surface area contributed by atoms with Gasteiger partial charge in [0.05, 0.1) is 23.9 Å². The minimum Gasteiger partial charge on any atom is -0.303 e. The van der Waals surface area contributed by atoms with Crippen molar-refractivity contribution in [1.82, 2.24) is 19.8 Å². The third-order valence-electron chi connectivity index (χ3n) is 5.03. The first kappa shape index (κ1) is 20.3. The molecule has 3 rings (SSSR count). The molecule has 1 amide bonds. The van der Waals surface area contributed by atoms with Gasteiger partial charge in [0.25, 0.3) is 0 Å². The summed E-state index contributed by atoms with van der Waals surface area (Å²) in [4.78, 5) is 12.0. The Bertz CT molecular complexity index is 1000. The number of aryl methyl sites for hydroxylation is 1. The number of aromatic nitrogens is 3. The van der Waals surface area contributed by atoms with Crippen LogP contribution in [0.1, 0.15) is 49.7 Å². The monoisotopic (exact) mass is 405 g/mol. The Labute approximate surface area is 165 Å². The van der Waals surface area contributed by atoms with Crippen LogP contribution in [0.3, 0.4) is 0 Å². The van der Waals surface area contributed by atoms with Gasteiger partial charge in [-0.1, -0.05) is 0 Å². The molecule has 0 spiro atoms. The lowest BCUT2D eigenvalue weighted by molar-refractivity contribution is -0.121. The van der Waals surface area contributed by atoms with Crippen molar-refractivity contribution in [3.05, 3.63) is 35.3 Å². The fraction of sp³-hybridized carbons (Fsp3) is 0.526. The van der Waals surface area contributed by atoms with Gasteiger partial charge in [-0.3, -0.25) is 4.79 Å². The lowest BCUT2D eigenvalue weighted by Gasteiger charge is -2.15. The second-order valence-corrected chi connectivity index (χ2v) is 9.88. The van der Waals surface area contributed by atoms with Crippen molar-refractivity contribution in [3.8, 4) is 5.82 Å². The van der Waals surface area contributed by atoms with Crippen LogP contribution in [0.2, 0.25) is 0 Å². The molecule has 2 aromatic heterocycles. The quantitative estimate of drug-likeness (QED) is 0.588. The number of amides is 1. The van der Waals surface area contributed by atoms with E-state index in [1.54, 1.807) is 12.4 Å².